The summed E-state index contributed by atoms with van der Waals surface area (Å²) < 4.78 is 29.0. The molecule has 0 fully saturated rings. The molecule has 0 bridgehead atoms. The van der Waals surface area contributed by atoms with Crippen LogP contribution in [-0.4, -0.2) is 43.8 Å². The Balaban J connectivity index is 2.08. The Kier molecular flexibility index (Phi) is 11.2. The van der Waals surface area contributed by atoms with Gasteiger partial charge in [0.1, 0.15) is 12.6 Å². The van der Waals surface area contributed by atoms with Gasteiger partial charge in [-0.1, -0.05) is 72.9 Å². The average Bonchev–Trinajstić information content (AvgIpc) is 2.93. The predicted octanol–water partition coefficient (Wildman–Crippen LogP) is 6.53. The number of amides is 2. The van der Waals surface area contributed by atoms with E-state index in [4.69, 9.17) is 23.2 Å². The van der Waals surface area contributed by atoms with Gasteiger partial charge in [-0.2, -0.15) is 0 Å². The van der Waals surface area contributed by atoms with Crippen molar-refractivity contribution in [2.45, 2.75) is 71.0 Å². The van der Waals surface area contributed by atoms with Crippen molar-refractivity contribution in [1.82, 2.24) is 10.2 Å². The number of nitrogens with one attached hydrogen (secondary N) is 1. The van der Waals surface area contributed by atoms with Gasteiger partial charge in [0, 0.05) is 12.6 Å². The number of nitrogens with zero attached hydrogens (tertiary/aromatic N) is 2. The molecule has 0 spiro atoms. The Morgan fingerprint density at radius 2 is 1.56 bits per heavy atom. The molecular formula is C31H37Cl2N3O4S. The second-order valence-electron chi connectivity index (χ2n) is 10.2. The van der Waals surface area contributed by atoms with Crippen LogP contribution >= 0.6 is 23.2 Å². The van der Waals surface area contributed by atoms with Crippen LogP contribution in [0.1, 0.15) is 50.3 Å². The second kappa shape index (κ2) is 14.2. The number of carbonyl (C=O) groups is 2. The first-order chi connectivity index (χ1) is 19.4. The molecule has 0 saturated heterocycles. The topological polar surface area (TPSA) is 86.8 Å². The van der Waals surface area contributed by atoms with Gasteiger partial charge in [0.25, 0.3) is 10.0 Å². The highest BCUT2D eigenvalue weighted by atomic mass is 35.5. The van der Waals surface area contributed by atoms with Crippen LogP contribution in [0.5, 0.6) is 0 Å². The largest absolute Gasteiger partial charge is 0.352 e. The van der Waals surface area contributed by atoms with Gasteiger partial charge < -0.3 is 10.2 Å². The molecule has 2 amide bonds. The summed E-state index contributed by atoms with van der Waals surface area (Å²) in [7, 11) is -4.13. The number of carbonyl (C=O) groups excluding carboxylic acids is 2. The lowest BCUT2D eigenvalue weighted by molar-refractivity contribution is -0.140. The fourth-order valence-electron chi connectivity index (χ4n) is 4.34. The van der Waals surface area contributed by atoms with Gasteiger partial charge in [0.2, 0.25) is 11.8 Å². The Bertz CT molecular complexity index is 1480. The smallest absolute Gasteiger partial charge is 0.264 e. The molecule has 0 aliphatic rings. The highest BCUT2D eigenvalue weighted by Crippen LogP contribution is 2.27. The van der Waals surface area contributed by atoms with Crippen LogP contribution in [0.2, 0.25) is 10.0 Å². The quantitative estimate of drug-likeness (QED) is 0.250. The van der Waals surface area contributed by atoms with Gasteiger partial charge in [-0.15, -0.1) is 0 Å². The Labute approximate surface area is 253 Å². The molecule has 41 heavy (non-hydrogen) atoms. The Morgan fingerprint density at radius 3 is 2.15 bits per heavy atom. The third-order valence-corrected chi connectivity index (χ3v) is 9.43. The van der Waals surface area contributed by atoms with E-state index in [9.17, 15) is 18.0 Å². The zero-order valence-electron chi connectivity index (χ0n) is 24.0. The van der Waals surface area contributed by atoms with Crippen molar-refractivity contribution in [2.75, 3.05) is 10.8 Å². The van der Waals surface area contributed by atoms with Crippen LogP contribution in [0.25, 0.3) is 0 Å². The number of aryl methyl sites for hydroxylation is 2. The highest BCUT2D eigenvalue weighted by Gasteiger charge is 2.34. The molecule has 0 radical (unpaired) electrons. The van der Waals surface area contributed by atoms with E-state index in [0.29, 0.717) is 27.7 Å². The molecule has 0 heterocycles. The van der Waals surface area contributed by atoms with Crippen molar-refractivity contribution in [3.8, 4) is 0 Å². The van der Waals surface area contributed by atoms with Gasteiger partial charge in [-0.05, 0) is 81.1 Å². The van der Waals surface area contributed by atoms with Gasteiger partial charge in [0.05, 0.1) is 20.6 Å². The third-order valence-electron chi connectivity index (χ3n) is 6.90. The molecular weight excluding hydrogens is 581 g/mol. The van der Waals surface area contributed by atoms with Crippen LogP contribution in [-0.2, 0) is 26.2 Å². The van der Waals surface area contributed by atoms with Crippen molar-refractivity contribution in [3.05, 3.63) is 93.5 Å². The first-order valence-electron chi connectivity index (χ1n) is 13.6. The van der Waals surface area contributed by atoms with E-state index in [1.807, 2.05) is 40.7 Å². The minimum atomic E-state index is -4.13. The first-order valence-corrected chi connectivity index (χ1v) is 15.8. The highest BCUT2D eigenvalue weighted by molar-refractivity contribution is 7.92. The molecule has 3 aromatic carbocycles. The van der Waals surface area contributed by atoms with E-state index in [0.717, 1.165) is 21.9 Å². The van der Waals surface area contributed by atoms with Crippen molar-refractivity contribution < 1.29 is 18.0 Å². The minimum absolute atomic E-state index is 0.0361. The predicted molar refractivity (Wildman–Crippen MR) is 166 cm³/mol. The first kappa shape index (κ1) is 32.4. The molecule has 10 heteroatoms. The van der Waals surface area contributed by atoms with Crippen LogP contribution in [0.3, 0.4) is 0 Å². The van der Waals surface area contributed by atoms with Gasteiger partial charge >= 0.3 is 0 Å². The molecule has 0 aliphatic carbocycles. The maximum atomic E-state index is 14.1. The number of halogens is 2. The number of anilines is 1. The van der Waals surface area contributed by atoms with E-state index >= 15 is 0 Å². The summed E-state index contributed by atoms with van der Waals surface area (Å²) in [6.45, 7) is 8.92. The summed E-state index contributed by atoms with van der Waals surface area (Å²) in [5.74, 6) is -0.835. The van der Waals surface area contributed by atoms with Gasteiger partial charge in [-0.25, -0.2) is 8.42 Å². The number of hydrogen-bond acceptors (Lipinski definition) is 4. The number of hydrogen-bond donors (Lipinski definition) is 1. The lowest BCUT2D eigenvalue weighted by Gasteiger charge is -2.34. The Morgan fingerprint density at radius 1 is 0.878 bits per heavy atom. The monoisotopic (exact) mass is 617 g/mol. The molecule has 0 aromatic heterocycles. The fraction of sp³-hybridized carbons (Fsp3) is 0.355. The third kappa shape index (κ3) is 8.24. The summed E-state index contributed by atoms with van der Waals surface area (Å²) >= 11 is 12.4. The number of benzene rings is 3. The van der Waals surface area contributed by atoms with E-state index in [1.54, 1.807) is 48.5 Å². The zero-order chi connectivity index (χ0) is 30.3. The molecule has 3 rings (SSSR count). The zero-order valence-corrected chi connectivity index (χ0v) is 26.4. The van der Waals surface area contributed by atoms with Crippen LogP contribution in [0.15, 0.2) is 71.6 Å². The molecule has 1 N–H and O–H groups in total. The van der Waals surface area contributed by atoms with E-state index in [2.05, 4.69) is 5.32 Å². The molecule has 0 unspecified atom stereocenters. The maximum absolute atomic E-state index is 14.1. The fourth-order valence-corrected chi connectivity index (χ4v) is 6.07. The van der Waals surface area contributed by atoms with Crippen LogP contribution in [0.4, 0.5) is 5.69 Å². The van der Waals surface area contributed by atoms with E-state index < -0.39 is 28.5 Å². The maximum Gasteiger partial charge on any atom is 0.264 e. The van der Waals surface area contributed by atoms with Crippen molar-refractivity contribution in [3.63, 3.8) is 0 Å². The lowest BCUT2D eigenvalue weighted by Crippen LogP contribution is -2.53. The SMILES string of the molecule is CC[C@@H](C)NC(=O)[C@@H](CC)N(Cc1ccc(Cl)c(Cl)c1)C(=O)CN(c1cccc(C)c1)S(=O)(=O)c1ccc(C)cc1. The normalized spacial score (nSPS) is 12.9. The minimum Gasteiger partial charge on any atom is -0.352 e. The van der Waals surface area contributed by atoms with Crippen molar-refractivity contribution >= 4 is 50.7 Å². The lowest BCUT2D eigenvalue weighted by atomic mass is 10.1. The van der Waals surface area contributed by atoms with Gasteiger partial charge in [0.15, 0.2) is 0 Å². The van der Waals surface area contributed by atoms with Crippen molar-refractivity contribution in [1.29, 1.82) is 0 Å². The summed E-state index contributed by atoms with van der Waals surface area (Å²) in [6, 6.07) is 17.5. The summed E-state index contributed by atoms with van der Waals surface area (Å²) in [4.78, 5) is 29.0. The van der Waals surface area contributed by atoms with Crippen molar-refractivity contribution in [2.24, 2.45) is 0 Å². The molecule has 7 nitrogen and oxygen atoms in total. The summed E-state index contributed by atoms with van der Waals surface area (Å²) in [6.07, 6.45) is 1.04. The molecule has 2 atom stereocenters. The molecule has 0 aliphatic heterocycles. The van der Waals surface area contributed by atoms with Crippen LogP contribution < -0.4 is 9.62 Å². The number of rotatable bonds is 12. The van der Waals surface area contributed by atoms with Crippen LogP contribution in [0, 0.1) is 13.8 Å². The second-order valence-corrected chi connectivity index (χ2v) is 12.9. The van der Waals surface area contributed by atoms with Gasteiger partial charge in [-0.3, -0.25) is 13.9 Å². The number of sulfonamides is 1. The molecule has 220 valence electrons. The molecule has 3 aromatic rings. The average molecular weight is 619 g/mol. The Hall–Kier alpha value is -3.07. The summed E-state index contributed by atoms with van der Waals surface area (Å²) in [5, 5.41) is 3.65. The standard InChI is InChI=1S/C31H37Cl2N3O4S/c1-6-23(5)34-31(38)29(7-2)35(19-24-13-16-27(32)28(33)18-24)30(37)20-36(25-10-8-9-22(4)17-25)41(39,40)26-14-11-21(3)12-15-26/h8-18,23,29H,6-7,19-20H2,1-5H3,(H,34,38)/t23-,29-/m1/s1. The summed E-state index contributed by atoms with van der Waals surface area (Å²) in [5.41, 5.74) is 2.76. The van der Waals surface area contributed by atoms with E-state index in [1.165, 1.54) is 17.0 Å². The molecule has 0 saturated carbocycles. The van der Waals surface area contributed by atoms with E-state index in [-0.39, 0.29) is 23.4 Å².